The minimum absolute atomic E-state index is 0.00112. The Morgan fingerprint density at radius 1 is 1.19 bits per heavy atom. The smallest absolute Gasteiger partial charge is 0.253 e. The molecule has 4 rings (SSSR count). The van der Waals surface area contributed by atoms with E-state index in [-0.39, 0.29) is 30.5 Å². The SMILES string of the molecule is CC(CC1CCCCC1)C(=O)N1CCC(O)(Cn2cnc(-c3cccc(CO)c3)cc2=O)C(C)(C)C1. The summed E-state index contributed by atoms with van der Waals surface area (Å²) in [6, 6.07) is 8.77. The molecule has 7 nitrogen and oxygen atoms in total. The van der Waals surface area contributed by atoms with Gasteiger partial charge in [-0.1, -0.05) is 71.1 Å². The van der Waals surface area contributed by atoms with Crippen LogP contribution in [-0.2, 0) is 17.9 Å². The second-order valence-corrected chi connectivity index (χ2v) is 11.7. The molecular formula is C29H41N3O4. The highest BCUT2D eigenvalue weighted by atomic mass is 16.3. The molecular weight excluding hydrogens is 454 g/mol. The molecule has 7 heteroatoms. The molecule has 1 aromatic heterocycles. The van der Waals surface area contributed by atoms with E-state index in [1.54, 1.807) is 0 Å². The summed E-state index contributed by atoms with van der Waals surface area (Å²) in [5.74, 6) is 0.837. The number of aliphatic hydroxyl groups is 2. The maximum atomic E-state index is 13.3. The molecule has 2 unspecified atom stereocenters. The molecule has 2 heterocycles. The molecule has 2 fully saturated rings. The van der Waals surface area contributed by atoms with Crippen molar-refractivity contribution in [2.45, 2.75) is 84.5 Å². The Morgan fingerprint density at radius 2 is 1.94 bits per heavy atom. The fraction of sp³-hybridized carbons (Fsp3) is 0.621. The molecule has 1 aromatic carbocycles. The molecule has 0 radical (unpaired) electrons. The summed E-state index contributed by atoms with van der Waals surface area (Å²) in [4.78, 5) is 32.6. The maximum absolute atomic E-state index is 13.3. The van der Waals surface area contributed by atoms with Crippen LogP contribution >= 0.6 is 0 Å². The Kier molecular flexibility index (Phi) is 8.00. The van der Waals surface area contributed by atoms with Crippen molar-refractivity contribution >= 4 is 5.91 Å². The van der Waals surface area contributed by atoms with Crippen LogP contribution in [0.4, 0.5) is 0 Å². The lowest BCUT2D eigenvalue weighted by molar-refractivity contribution is -0.157. The molecule has 2 aliphatic rings. The zero-order chi connectivity index (χ0) is 25.9. The predicted octanol–water partition coefficient (Wildman–Crippen LogP) is 4.00. The second-order valence-electron chi connectivity index (χ2n) is 11.7. The van der Waals surface area contributed by atoms with Gasteiger partial charge in [0.25, 0.3) is 5.56 Å². The zero-order valence-electron chi connectivity index (χ0n) is 21.9. The van der Waals surface area contributed by atoms with Crippen LogP contribution in [0.3, 0.4) is 0 Å². The number of likely N-dealkylation sites (tertiary alicyclic amines) is 1. The molecule has 0 bridgehead atoms. The Bertz CT molecular complexity index is 1120. The third kappa shape index (κ3) is 5.73. The van der Waals surface area contributed by atoms with Crippen molar-refractivity contribution in [3.63, 3.8) is 0 Å². The summed E-state index contributed by atoms with van der Waals surface area (Å²) in [6.07, 6.45) is 9.19. The highest BCUT2D eigenvalue weighted by Crippen LogP contribution is 2.40. The Hall–Kier alpha value is -2.51. The lowest BCUT2D eigenvalue weighted by Gasteiger charge is -2.50. The summed E-state index contributed by atoms with van der Waals surface area (Å²) in [5, 5.41) is 21.1. The first kappa shape index (κ1) is 26.6. The lowest BCUT2D eigenvalue weighted by atomic mass is 9.69. The van der Waals surface area contributed by atoms with Crippen LogP contribution in [-0.4, -0.2) is 49.3 Å². The largest absolute Gasteiger partial charge is 0.392 e. The summed E-state index contributed by atoms with van der Waals surface area (Å²) in [5.41, 5.74) is 0.0884. The summed E-state index contributed by atoms with van der Waals surface area (Å²) in [7, 11) is 0. The topological polar surface area (TPSA) is 95.7 Å². The molecule has 1 saturated carbocycles. The van der Waals surface area contributed by atoms with E-state index < -0.39 is 11.0 Å². The van der Waals surface area contributed by atoms with Crippen molar-refractivity contribution in [1.29, 1.82) is 0 Å². The van der Waals surface area contributed by atoms with Crippen molar-refractivity contribution in [3.8, 4) is 11.3 Å². The Morgan fingerprint density at radius 3 is 2.61 bits per heavy atom. The molecule has 2 aromatic rings. The first-order chi connectivity index (χ1) is 17.1. The quantitative estimate of drug-likeness (QED) is 0.605. The summed E-state index contributed by atoms with van der Waals surface area (Å²) < 4.78 is 1.46. The number of hydrogen-bond acceptors (Lipinski definition) is 5. The van der Waals surface area contributed by atoms with Gasteiger partial charge >= 0.3 is 0 Å². The fourth-order valence-electron chi connectivity index (χ4n) is 5.99. The second kappa shape index (κ2) is 10.9. The van der Waals surface area contributed by atoms with Crippen molar-refractivity contribution in [2.24, 2.45) is 17.3 Å². The molecule has 1 aliphatic carbocycles. The van der Waals surface area contributed by atoms with Gasteiger partial charge in [-0.25, -0.2) is 4.98 Å². The molecule has 2 atom stereocenters. The van der Waals surface area contributed by atoms with Gasteiger partial charge in [0.1, 0.15) is 0 Å². The standard InChI is InChI=1S/C29H41N3O4/c1-21(14-22-8-5-4-6-9-22)27(35)31-13-12-29(36,28(2,3)18-31)19-32-20-30-25(16-26(32)34)24-11-7-10-23(15-24)17-33/h7,10-11,15-16,20-22,33,36H,4-6,8-9,12-14,17-19H2,1-3H3. The molecule has 196 valence electrons. The Labute approximate surface area is 214 Å². The van der Waals surface area contributed by atoms with Crippen molar-refractivity contribution in [1.82, 2.24) is 14.5 Å². The van der Waals surface area contributed by atoms with Crippen LogP contribution in [0.2, 0.25) is 0 Å². The fourth-order valence-corrected chi connectivity index (χ4v) is 5.99. The van der Waals surface area contributed by atoms with Gasteiger partial charge in [0.15, 0.2) is 0 Å². The number of carbonyl (C=O) groups excluding carboxylic acids is 1. The van der Waals surface area contributed by atoms with E-state index in [1.165, 1.54) is 49.1 Å². The van der Waals surface area contributed by atoms with E-state index in [4.69, 9.17) is 0 Å². The van der Waals surface area contributed by atoms with Gasteiger partial charge in [-0.15, -0.1) is 0 Å². The average molecular weight is 496 g/mol. The normalized spacial score (nSPS) is 23.4. The summed E-state index contributed by atoms with van der Waals surface area (Å²) >= 11 is 0. The third-order valence-corrected chi connectivity index (χ3v) is 8.50. The van der Waals surface area contributed by atoms with Crippen LogP contribution < -0.4 is 5.56 Å². The van der Waals surface area contributed by atoms with Crippen molar-refractivity contribution < 1.29 is 15.0 Å². The third-order valence-electron chi connectivity index (χ3n) is 8.50. The van der Waals surface area contributed by atoms with E-state index in [9.17, 15) is 19.8 Å². The van der Waals surface area contributed by atoms with Gasteiger partial charge in [0.2, 0.25) is 5.91 Å². The van der Waals surface area contributed by atoms with Crippen molar-refractivity contribution in [3.05, 3.63) is 52.6 Å². The van der Waals surface area contributed by atoms with Gasteiger partial charge in [-0.3, -0.25) is 14.2 Å². The molecule has 1 aliphatic heterocycles. The number of benzene rings is 1. The highest BCUT2D eigenvalue weighted by molar-refractivity contribution is 5.78. The number of piperidine rings is 1. The van der Waals surface area contributed by atoms with Crippen LogP contribution in [0.1, 0.15) is 71.3 Å². The highest BCUT2D eigenvalue weighted by Gasteiger charge is 2.49. The average Bonchev–Trinajstić information content (AvgIpc) is 2.87. The number of aromatic nitrogens is 2. The Balaban J connectivity index is 1.43. The van der Waals surface area contributed by atoms with Gasteiger partial charge in [0.05, 0.1) is 30.8 Å². The number of rotatable bonds is 7. The number of hydrogen-bond donors (Lipinski definition) is 2. The maximum Gasteiger partial charge on any atom is 0.253 e. The first-order valence-electron chi connectivity index (χ1n) is 13.4. The van der Waals surface area contributed by atoms with Gasteiger partial charge in [0, 0.05) is 36.1 Å². The van der Waals surface area contributed by atoms with Crippen LogP contribution in [0, 0.1) is 17.3 Å². The molecule has 1 amide bonds. The molecule has 36 heavy (non-hydrogen) atoms. The van der Waals surface area contributed by atoms with E-state index in [1.807, 2.05) is 49.9 Å². The predicted molar refractivity (Wildman–Crippen MR) is 140 cm³/mol. The van der Waals surface area contributed by atoms with Gasteiger partial charge in [-0.2, -0.15) is 0 Å². The van der Waals surface area contributed by atoms with Gasteiger partial charge in [-0.05, 0) is 30.4 Å². The van der Waals surface area contributed by atoms with Gasteiger partial charge < -0.3 is 15.1 Å². The van der Waals surface area contributed by atoms with Crippen LogP contribution in [0.5, 0.6) is 0 Å². The number of amides is 1. The molecule has 1 saturated heterocycles. The van der Waals surface area contributed by atoms with E-state index in [2.05, 4.69) is 4.98 Å². The van der Waals surface area contributed by atoms with Crippen LogP contribution in [0.15, 0.2) is 41.5 Å². The van der Waals surface area contributed by atoms with E-state index >= 15 is 0 Å². The number of nitrogens with zero attached hydrogens (tertiary/aromatic N) is 3. The minimum atomic E-state index is -1.14. The minimum Gasteiger partial charge on any atom is -0.392 e. The lowest BCUT2D eigenvalue weighted by Crippen LogP contribution is -2.61. The molecule has 0 spiro atoms. The van der Waals surface area contributed by atoms with Crippen molar-refractivity contribution in [2.75, 3.05) is 13.1 Å². The van der Waals surface area contributed by atoms with E-state index in [0.717, 1.165) is 17.5 Å². The monoisotopic (exact) mass is 495 g/mol. The zero-order valence-corrected chi connectivity index (χ0v) is 21.9. The number of carbonyl (C=O) groups is 1. The summed E-state index contributed by atoms with van der Waals surface area (Å²) in [6.45, 7) is 7.01. The van der Waals surface area contributed by atoms with E-state index in [0.29, 0.717) is 31.1 Å². The number of aliphatic hydroxyl groups excluding tert-OH is 1. The first-order valence-corrected chi connectivity index (χ1v) is 13.4. The molecule has 2 N–H and O–H groups in total. The van der Waals surface area contributed by atoms with Crippen LogP contribution in [0.25, 0.3) is 11.3 Å².